The van der Waals surface area contributed by atoms with Crippen molar-refractivity contribution in [2.75, 3.05) is 6.61 Å². The molecular weight excluding hydrogens is 296 g/mol. The van der Waals surface area contributed by atoms with Crippen LogP contribution in [-0.2, 0) is 4.79 Å². The molecule has 0 saturated heterocycles. The number of ether oxygens (including phenoxy) is 1. The van der Waals surface area contributed by atoms with E-state index in [2.05, 4.69) is 5.10 Å². The van der Waals surface area contributed by atoms with Crippen molar-refractivity contribution in [3.8, 4) is 5.75 Å². The Morgan fingerprint density at radius 1 is 1.41 bits per heavy atom. The summed E-state index contributed by atoms with van der Waals surface area (Å²) in [6, 6.07) is 11.9. The number of carbonyl (C=O) groups is 1. The normalized spacial score (nSPS) is 17.5. The summed E-state index contributed by atoms with van der Waals surface area (Å²) in [5.74, 6) is 0.784. The molecular formula is C17H18N2O2S. The van der Waals surface area contributed by atoms with Crippen molar-refractivity contribution >= 4 is 23.0 Å². The molecule has 0 bridgehead atoms. The molecule has 1 aliphatic rings. The first-order valence-corrected chi connectivity index (χ1v) is 8.21. The molecule has 0 radical (unpaired) electrons. The smallest absolute Gasteiger partial charge is 0.240 e. The summed E-state index contributed by atoms with van der Waals surface area (Å²) in [6.07, 6.45) is 0.732. The average Bonchev–Trinajstić information content (AvgIpc) is 3.17. The van der Waals surface area contributed by atoms with Crippen LogP contribution in [0.3, 0.4) is 0 Å². The lowest BCUT2D eigenvalue weighted by Gasteiger charge is -2.21. The minimum Gasteiger partial charge on any atom is -0.494 e. The highest BCUT2D eigenvalue weighted by Gasteiger charge is 2.31. The Bertz CT molecular complexity index is 694. The molecule has 1 aromatic carbocycles. The van der Waals surface area contributed by atoms with Gasteiger partial charge in [-0.15, -0.1) is 11.3 Å². The number of hydrazone groups is 1. The van der Waals surface area contributed by atoms with Crippen LogP contribution < -0.4 is 4.74 Å². The molecule has 1 atom stereocenters. The van der Waals surface area contributed by atoms with Crippen molar-refractivity contribution < 1.29 is 9.53 Å². The SMILES string of the molecule is CCOc1cccc(C2CC(c3cccs3)=NN2C(C)=O)c1. The van der Waals surface area contributed by atoms with Crippen LogP contribution in [0.25, 0.3) is 0 Å². The van der Waals surface area contributed by atoms with E-state index in [1.165, 1.54) is 0 Å². The molecule has 0 N–H and O–H groups in total. The van der Waals surface area contributed by atoms with E-state index >= 15 is 0 Å². The third-order valence-corrected chi connectivity index (χ3v) is 4.51. The summed E-state index contributed by atoms with van der Waals surface area (Å²) < 4.78 is 5.56. The molecule has 4 nitrogen and oxygen atoms in total. The predicted octanol–water partition coefficient (Wildman–Crippen LogP) is 3.84. The van der Waals surface area contributed by atoms with Crippen molar-refractivity contribution in [1.29, 1.82) is 0 Å². The van der Waals surface area contributed by atoms with E-state index in [0.717, 1.165) is 28.3 Å². The quantitative estimate of drug-likeness (QED) is 0.860. The number of thiophene rings is 1. The summed E-state index contributed by atoms with van der Waals surface area (Å²) in [7, 11) is 0. The maximum atomic E-state index is 11.9. The summed E-state index contributed by atoms with van der Waals surface area (Å²) in [4.78, 5) is 13.1. The van der Waals surface area contributed by atoms with Crippen molar-refractivity contribution in [3.05, 3.63) is 52.2 Å². The number of carbonyl (C=O) groups excluding carboxylic acids is 1. The van der Waals surface area contributed by atoms with E-state index in [-0.39, 0.29) is 11.9 Å². The van der Waals surface area contributed by atoms with Crippen molar-refractivity contribution in [1.82, 2.24) is 5.01 Å². The fraction of sp³-hybridized carbons (Fsp3) is 0.294. The van der Waals surface area contributed by atoms with Crippen LogP contribution in [0.15, 0.2) is 46.9 Å². The van der Waals surface area contributed by atoms with Gasteiger partial charge in [0.2, 0.25) is 5.91 Å². The third-order valence-electron chi connectivity index (χ3n) is 3.59. The van der Waals surface area contributed by atoms with Gasteiger partial charge in [0, 0.05) is 13.3 Å². The van der Waals surface area contributed by atoms with E-state index in [1.807, 2.05) is 48.7 Å². The second kappa shape index (κ2) is 6.32. The molecule has 2 aromatic rings. The first-order chi connectivity index (χ1) is 10.7. The Hall–Kier alpha value is -2.14. The highest BCUT2D eigenvalue weighted by atomic mass is 32.1. The van der Waals surface area contributed by atoms with E-state index in [4.69, 9.17) is 4.74 Å². The molecule has 5 heteroatoms. The Labute approximate surface area is 134 Å². The zero-order valence-corrected chi connectivity index (χ0v) is 13.5. The molecule has 0 aliphatic carbocycles. The molecule has 3 rings (SSSR count). The molecule has 2 heterocycles. The molecule has 0 spiro atoms. The van der Waals surface area contributed by atoms with Gasteiger partial charge in [0.25, 0.3) is 0 Å². The summed E-state index contributed by atoms with van der Waals surface area (Å²) >= 11 is 1.65. The van der Waals surface area contributed by atoms with Crippen molar-refractivity contribution in [2.24, 2.45) is 5.10 Å². The zero-order valence-electron chi connectivity index (χ0n) is 12.7. The Morgan fingerprint density at radius 2 is 2.27 bits per heavy atom. The second-order valence-corrected chi connectivity index (χ2v) is 6.06. The van der Waals surface area contributed by atoms with Gasteiger partial charge in [0.1, 0.15) is 5.75 Å². The van der Waals surface area contributed by atoms with Crippen LogP contribution in [0.2, 0.25) is 0 Å². The van der Waals surface area contributed by atoms with Crippen LogP contribution in [0, 0.1) is 0 Å². The lowest BCUT2D eigenvalue weighted by molar-refractivity contribution is -0.130. The number of hydrogen-bond donors (Lipinski definition) is 0. The molecule has 22 heavy (non-hydrogen) atoms. The number of hydrogen-bond acceptors (Lipinski definition) is 4. The third kappa shape index (κ3) is 2.90. The standard InChI is InChI=1S/C17H18N2O2S/c1-3-21-14-7-4-6-13(10-14)16-11-15(17-8-5-9-22-17)18-19(16)12(2)20/h4-10,16H,3,11H2,1-2H3. The maximum absolute atomic E-state index is 11.9. The van der Waals surface area contributed by atoms with Gasteiger partial charge in [-0.1, -0.05) is 18.2 Å². The van der Waals surface area contributed by atoms with Crippen LogP contribution in [0.5, 0.6) is 5.75 Å². The highest BCUT2D eigenvalue weighted by Crippen LogP contribution is 2.34. The van der Waals surface area contributed by atoms with E-state index in [0.29, 0.717) is 6.61 Å². The minimum absolute atomic E-state index is 0.0432. The number of rotatable bonds is 4. The van der Waals surface area contributed by atoms with Gasteiger partial charge in [-0.25, -0.2) is 5.01 Å². The molecule has 1 aromatic heterocycles. The van der Waals surface area contributed by atoms with Gasteiger partial charge in [0.05, 0.1) is 23.2 Å². The van der Waals surface area contributed by atoms with Crippen LogP contribution in [-0.4, -0.2) is 23.2 Å². The summed E-state index contributed by atoms with van der Waals surface area (Å²) in [6.45, 7) is 4.14. The summed E-state index contributed by atoms with van der Waals surface area (Å²) in [5, 5.41) is 8.14. The Balaban J connectivity index is 1.90. The second-order valence-electron chi connectivity index (χ2n) is 5.11. The highest BCUT2D eigenvalue weighted by molar-refractivity contribution is 7.12. The van der Waals surface area contributed by atoms with Gasteiger partial charge >= 0.3 is 0 Å². The van der Waals surface area contributed by atoms with E-state index in [9.17, 15) is 4.79 Å². The largest absolute Gasteiger partial charge is 0.494 e. The molecule has 1 aliphatic heterocycles. The van der Waals surface area contributed by atoms with Crippen LogP contribution in [0.1, 0.15) is 36.8 Å². The van der Waals surface area contributed by atoms with Gasteiger partial charge in [-0.05, 0) is 36.1 Å². The van der Waals surface area contributed by atoms with Crippen molar-refractivity contribution in [3.63, 3.8) is 0 Å². The summed E-state index contributed by atoms with van der Waals surface area (Å²) in [5.41, 5.74) is 2.02. The molecule has 0 fully saturated rings. The lowest BCUT2D eigenvalue weighted by Crippen LogP contribution is -2.24. The van der Waals surface area contributed by atoms with Gasteiger partial charge < -0.3 is 4.74 Å². The Kier molecular flexibility index (Phi) is 4.24. The maximum Gasteiger partial charge on any atom is 0.240 e. The first kappa shape index (κ1) is 14.8. The van der Waals surface area contributed by atoms with E-state index in [1.54, 1.807) is 23.3 Å². The number of benzene rings is 1. The van der Waals surface area contributed by atoms with Gasteiger partial charge in [0.15, 0.2) is 0 Å². The Morgan fingerprint density at radius 3 is 2.95 bits per heavy atom. The minimum atomic E-state index is -0.0602. The van der Waals surface area contributed by atoms with Crippen LogP contribution >= 0.6 is 11.3 Å². The fourth-order valence-electron chi connectivity index (χ4n) is 2.63. The number of nitrogens with zero attached hydrogens (tertiary/aromatic N) is 2. The fourth-order valence-corrected chi connectivity index (χ4v) is 3.35. The first-order valence-electron chi connectivity index (χ1n) is 7.33. The lowest BCUT2D eigenvalue weighted by atomic mass is 10.0. The van der Waals surface area contributed by atoms with E-state index < -0.39 is 0 Å². The molecule has 0 saturated carbocycles. The zero-order chi connectivity index (χ0) is 15.5. The molecule has 114 valence electrons. The van der Waals surface area contributed by atoms with Gasteiger partial charge in [-0.3, -0.25) is 4.79 Å². The topological polar surface area (TPSA) is 41.9 Å². The predicted molar refractivity (Wildman–Crippen MR) is 88.3 cm³/mol. The molecule has 1 unspecified atom stereocenters. The van der Waals surface area contributed by atoms with Gasteiger partial charge in [-0.2, -0.15) is 5.10 Å². The van der Waals surface area contributed by atoms with Crippen molar-refractivity contribution in [2.45, 2.75) is 26.3 Å². The monoisotopic (exact) mass is 314 g/mol. The van der Waals surface area contributed by atoms with Crippen LogP contribution in [0.4, 0.5) is 0 Å². The average molecular weight is 314 g/mol. The molecule has 1 amide bonds. The number of amides is 1.